The van der Waals surface area contributed by atoms with Gasteiger partial charge < -0.3 is 15.8 Å². The van der Waals surface area contributed by atoms with E-state index in [-0.39, 0.29) is 12.1 Å². The average Bonchev–Trinajstić information content (AvgIpc) is 2.42. The first-order valence-corrected chi connectivity index (χ1v) is 6.22. The highest BCUT2D eigenvalue weighted by Gasteiger charge is 2.31. The maximum absolute atomic E-state index is 11.4. The van der Waals surface area contributed by atoms with Crippen molar-refractivity contribution in [3.05, 3.63) is 48.4 Å². The van der Waals surface area contributed by atoms with Crippen molar-refractivity contribution in [1.29, 1.82) is 0 Å². The summed E-state index contributed by atoms with van der Waals surface area (Å²) in [5.74, 6) is 0.720. The van der Waals surface area contributed by atoms with E-state index in [9.17, 15) is 4.79 Å². The van der Waals surface area contributed by atoms with Crippen LogP contribution in [0, 0.1) is 0 Å². The summed E-state index contributed by atoms with van der Waals surface area (Å²) in [4.78, 5) is 13.0. The fourth-order valence-corrected chi connectivity index (χ4v) is 1.94. The fourth-order valence-electron chi connectivity index (χ4n) is 1.94. The number of hydrogen-bond donors (Lipinski definition) is 2. The van der Waals surface area contributed by atoms with Crippen molar-refractivity contribution < 1.29 is 9.53 Å². The monoisotopic (exact) mass is 261 g/mol. The van der Waals surface area contributed by atoms with Crippen LogP contribution in [0.5, 0.6) is 0 Å². The highest BCUT2D eigenvalue weighted by molar-refractivity contribution is 5.75. The Morgan fingerprint density at radius 2 is 2.37 bits per heavy atom. The van der Waals surface area contributed by atoms with Crippen LogP contribution in [0.15, 0.2) is 48.4 Å². The van der Waals surface area contributed by atoms with Crippen LogP contribution in [0.3, 0.4) is 0 Å². The van der Waals surface area contributed by atoms with E-state index in [1.807, 2.05) is 37.3 Å². The molecule has 0 saturated heterocycles. The minimum absolute atomic E-state index is 0.144. The Kier molecular flexibility index (Phi) is 3.76. The molecule has 0 radical (unpaired) electrons. The van der Waals surface area contributed by atoms with Gasteiger partial charge in [-0.25, -0.2) is 4.79 Å². The first-order chi connectivity index (χ1) is 9.05. The first-order valence-electron chi connectivity index (χ1n) is 6.22. The third-order valence-electron chi connectivity index (χ3n) is 3.24. The van der Waals surface area contributed by atoms with Crippen LogP contribution in [0.1, 0.15) is 6.92 Å². The summed E-state index contributed by atoms with van der Waals surface area (Å²) in [5, 5.41) is 2.57. The summed E-state index contributed by atoms with van der Waals surface area (Å²) in [5.41, 5.74) is 5.48. The number of carbonyl (C=O) groups excluding carboxylic acids is 1. The molecule has 1 aliphatic heterocycles. The molecule has 2 aliphatic rings. The number of ether oxygens (including phenoxy) is 1. The van der Waals surface area contributed by atoms with E-state index >= 15 is 0 Å². The maximum atomic E-state index is 11.4. The van der Waals surface area contributed by atoms with Crippen LogP contribution in [0.2, 0.25) is 0 Å². The van der Waals surface area contributed by atoms with Crippen molar-refractivity contribution in [2.24, 2.45) is 5.73 Å². The standard InChI is InChI=1S/C14H19N3O2/c1-14(8-4-3-5-12(14)15)19-11-6-9-17(10-7-11)13(18)16-2/h3-9,12H,10,15H2,1-2H3,(H,16,18). The van der Waals surface area contributed by atoms with E-state index in [4.69, 9.17) is 10.5 Å². The van der Waals surface area contributed by atoms with E-state index in [1.165, 1.54) is 0 Å². The summed E-state index contributed by atoms with van der Waals surface area (Å²) in [7, 11) is 1.60. The van der Waals surface area contributed by atoms with Crippen LogP contribution in [0.4, 0.5) is 4.79 Å². The second-order valence-electron chi connectivity index (χ2n) is 4.69. The summed E-state index contributed by atoms with van der Waals surface area (Å²) in [6.07, 6.45) is 13.0. The van der Waals surface area contributed by atoms with Gasteiger partial charge in [0.25, 0.3) is 0 Å². The van der Waals surface area contributed by atoms with Crippen molar-refractivity contribution in [3.8, 4) is 0 Å². The summed E-state index contributed by atoms with van der Waals surface area (Å²) >= 11 is 0. The molecule has 19 heavy (non-hydrogen) atoms. The molecule has 5 heteroatoms. The predicted octanol–water partition coefficient (Wildman–Crippen LogP) is 1.27. The molecule has 1 aliphatic carbocycles. The lowest BCUT2D eigenvalue weighted by atomic mass is 9.92. The van der Waals surface area contributed by atoms with Gasteiger partial charge in [0.1, 0.15) is 11.4 Å². The number of amides is 2. The molecule has 2 rings (SSSR count). The topological polar surface area (TPSA) is 67.6 Å². The van der Waals surface area contributed by atoms with Gasteiger partial charge in [0.05, 0.1) is 6.04 Å². The second-order valence-corrected chi connectivity index (χ2v) is 4.69. The number of urea groups is 1. The summed E-state index contributed by atoms with van der Waals surface area (Å²) in [6.45, 7) is 2.42. The van der Waals surface area contributed by atoms with Crippen LogP contribution < -0.4 is 11.1 Å². The molecule has 2 unspecified atom stereocenters. The van der Waals surface area contributed by atoms with E-state index in [1.54, 1.807) is 24.2 Å². The van der Waals surface area contributed by atoms with Gasteiger partial charge in [0.2, 0.25) is 0 Å². The number of nitrogens with one attached hydrogen (secondary N) is 1. The van der Waals surface area contributed by atoms with Gasteiger partial charge in [0.15, 0.2) is 0 Å². The van der Waals surface area contributed by atoms with E-state index in [0.717, 1.165) is 5.76 Å². The molecule has 2 atom stereocenters. The molecule has 0 spiro atoms. The molecule has 102 valence electrons. The zero-order valence-electron chi connectivity index (χ0n) is 11.2. The predicted molar refractivity (Wildman–Crippen MR) is 74.1 cm³/mol. The van der Waals surface area contributed by atoms with Crippen molar-refractivity contribution >= 4 is 6.03 Å². The fraction of sp³-hybridized carbons (Fsp3) is 0.357. The van der Waals surface area contributed by atoms with Crippen LogP contribution in [-0.4, -0.2) is 36.2 Å². The van der Waals surface area contributed by atoms with Gasteiger partial charge >= 0.3 is 6.03 Å². The molecular formula is C14H19N3O2. The lowest BCUT2D eigenvalue weighted by Gasteiger charge is -2.34. The van der Waals surface area contributed by atoms with Crippen molar-refractivity contribution in [1.82, 2.24) is 10.2 Å². The van der Waals surface area contributed by atoms with Crippen molar-refractivity contribution in [2.75, 3.05) is 13.6 Å². The van der Waals surface area contributed by atoms with Gasteiger partial charge in [0, 0.05) is 19.8 Å². The molecule has 0 saturated carbocycles. The number of hydrogen-bond acceptors (Lipinski definition) is 3. The Hall–Kier alpha value is -2.01. The number of allylic oxidation sites excluding steroid dienone is 3. The molecule has 0 aromatic heterocycles. The molecule has 0 bridgehead atoms. The summed E-state index contributed by atoms with van der Waals surface area (Å²) in [6, 6.07) is -0.335. The molecule has 0 aromatic rings. The molecule has 5 nitrogen and oxygen atoms in total. The molecule has 1 heterocycles. The molecular weight excluding hydrogens is 242 g/mol. The molecule has 2 amide bonds. The minimum atomic E-state index is -0.555. The Labute approximate surface area is 113 Å². The molecule has 0 fully saturated rings. The average molecular weight is 261 g/mol. The Morgan fingerprint density at radius 1 is 1.58 bits per heavy atom. The Balaban J connectivity index is 2.01. The smallest absolute Gasteiger partial charge is 0.321 e. The highest BCUT2D eigenvalue weighted by Crippen LogP contribution is 2.25. The van der Waals surface area contributed by atoms with Gasteiger partial charge in [-0.2, -0.15) is 0 Å². The van der Waals surface area contributed by atoms with Gasteiger partial charge in [-0.05, 0) is 25.2 Å². The first kappa shape index (κ1) is 13.4. The lowest BCUT2D eigenvalue weighted by molar-refractivity contribution is 0.0550. The van der Waals surface area contributed by atoms with Crippen LogP contribution >= 0.6 is 0 Å². The van der Waals surface area contributed by atoms with Gasteiger partial charge in [-0.3, -0.25) is 4.90 Å². The Bertz CT molecular complexity index is 479. The Morgan fingerprint density at radius 3 is 2.95 bits per heavy atom. The number of nitrogens with two attached hydrogens (primary N) is 1. The van der Waals surface area contributed by atoms with E-state index in [2.05, 4.69) is 5.32 Å². The van der Waals surface area contributed by atoms with Crippen molar-refractivity contribution in [3.63, 3.8) is 0 Å². The second kappa shape index (κ2) is 5.32. The van der Waals surface area contributed by atoms with Crippen LogP contribution in [0.25, 0.3) is 0 Å². The van der Waals surface area contributed by atoms with Gasteiger partial charge in [-0.1, -0.05) is 18.2 Å². The third kappa shape index (κ3) is 2.88. The minimum Gasteiger partial charge on any atom is -0.482 e. The van der Waals surface area contributed by atoms with Crippen LogP contribution in [-0.2, 0) is 4.74 Å². The number of rotatable bonds is 2. The van der Waals surface area contributed by atoms with E-state index < -0.39 is 5.60 Å². The van der Waals surface area contributed by atoms with E-state index in [0.29, 0.717) is 6.54 Å². The zero-order chi connectivity index (χ0) is 13.9. The summed E-state index contributed by atoms with van der Waals surface area (Å²) < 4.78 is 5.95. The lowest BCUT2D eigenvalue weighted by Crippen LogP contribution is -2.46. The number of carbonyl (C=O) groups is 1. The highest BCUT2D eigenvalue weighted by atomic mass is 16.5. The maximum Gasteiger partial charge on any atom is 0.321 e. The molecule has 0 aromatic carbocycles. The van der Waals surface area contributed by atoms with Crippen molar-refractivity contribution in [2.45, 2.75) is 18.6 Å². The van der Waals surface area contributed by atoms with Gasteiger partial charge in [-0.15, -0.1) is 0 Å². The largest absolute Gasteiger partial charge is 0.482 e. The third-order valence-corrected chi connectivity index (χ3v) is 3.24. The molecule has 3 N–H and O–H groups in total. The SMILES string of the molecule is CNC(=O)N1C=CC(OC2(C)C=CC=CC2N)=CC1. The normalized spacial score (nSPS) is 29.1. The number of nitrogens with zero attached hydrogens (tertiary/aromatic N) is 1. The zero-order valence-corrected chi connectivity index (χ0v) is 11.2. The quantitative estimate of drug-likeness (QED) is 0.786.